The molecule has 1 aromatic carbocycles. The Morgan fingerprint density at radius 1 is 1.00 bits per heavy atom. The van der Waals surface area contributed by atoms with Crippen molar-refractivity contribution in [3.63, 3.8) is 0 Å². The molecule has 26 heavy (non-hydrogen) atoms. The van der Waals surface area contributed by atoms with Crippen LogP contribution in [-0.2, 0) is 6.54 Å². The second kappa shape index (κ2) is 14.1. The van der Waals surface area contributed by atoms with Crippen molar-refractivity contribution in [2.75, 3.05) is 39.9 Å². The van der Waals surface area contributed by atoms with E-state index in [-0.39, 0.29) is 0 Å². The molecule has 0 saturated carbocycles. The molecule has 0 aliphatic heterocycles. The van der Waals surface area contributed by atoms with Crippen molar-refractivity contribution in [3.8, 4) is 11.5 Å². The van der Waals surface area contributed by atoms with E-state index in [0.29, 0.717) is 17.4 Å². The van der Waals surface area contributed by atoms with Crippen LogP contribution in [0.5, 0.6) is 11.5 Å². The molecule has 0 aliphatic rings. The first-order chi connectivity index (χ1) is 12.7. The van der Waals surface area contributed by atoms with Gasteiger partial charge in [0, 0.05) is 23.2 Å². The Balaban J connectivity index is 2.47. The van der Waals surface area contributed by atoms with Crippen LogP contribution in [0.2, 0.25) is 5.02 Å². The van der Waals surface area contributed by atoms with Gasteiger partial charge in [-0.15, -0.1) is 0 Å². The van der Waals surface area contributed by atoms with Crippen LogP contribution in [-0.4, -0.2) is 44.8 Å². The highest BCUT2D eigenvalue weighted by Gasteiger charge is 2.12. The lowest BCUT2D eigenvalue weighted by Gasteiger charge is -2.22. The first-order valence-electron chi connectivity index (χ1n) is 10.1. The summed E-state index contributed by atoms with van der Waals surface area (Å²) >= 11 is 6.21. The number of hydrogen-bond donors (Lipinski definition) is 1. The summed E-state index contributed by atoms with van der Waals surface area (Å²) in [5.41, 5.74) is 1.05. The maximum atomic E-state index is 6.21. The molecule has 0 atom stereocenters. The minimum Gasteiger partial charge on any atom is -0.493 e. The largest absolute Gasteiger partial charge is 0.493 e. The Kier molecular flexibility index (Phi) is 12.5. The molecule has 0 fully saturated rings. The third kappa shape index (κ3) is 8.61. The molecule has 1 aromatic rings. The van der Waals surface area contributed by atoms with Crippen LogP contribution in [0.4, 0.5) is 0 Å². The molecule has 0 aromatic heterocycles. The summed E-state index contributed by atoms with van der Waals surface area (Å²) in [6.45, 7) is 12.4. The van der Waals surface area contributed by atoms with E-state index in [1.807, 2.05) is 13.0 Å². The minimum atomic E-state index is 0.606. The van der Waals surface area contributed by atoms with E-state index in [1.165, 1.54) is 38.8 Å². The molecule has 1 N–H and O–H groups in total. The molecule has 0 aliphatic carbocycles. The second-order valence-corrected chi connectivity index (χ2v) is 7.04. The number of nitrogens with one attached hydrogen (secondary N) is 1. The number of hydrogen-bond acceptors (Lipinski definition) is 4. The predicted molar refractivity (Wildman–Crippen MR) is 112 cm³/mol. The van der Waals surface area contributed by atoms with Gasteiger partial charge in [-0.05, 0) is 58.4 Å². The van der Waals surface area contributed by atoms with E-state index in [4.69, 9.17) is 21.1 Å². The van der Waals surface area contributed by atoms with Gasteiger partial charge in [0.1, 0.15) is 0 Å². The highest BCUT2D eigenvalue weighted by atomic mass is 35.5. The molecule has 1 rings (SSSR count). The average molecular weight is 385 g/mol. The van der Waals surface area contributed by atoms with Crippen LogP contribution < -0.4 is 14.8 Å². The lowest BCUT2D eigenvalue weighted by molar-refractivity contribution is 0.260. The fourth-order valence-electron chi connectivity index (χ4n) is 2.96. The van der Waals surface area contributed by atoms with Crippen molar-refractivity contribution in [2.24, 2.45) is 0 Å². The van der Waals surface area contributed by atoms with Crippen molar-refractivity contribution in [1.29, 1.82) is 0 Å². The van der Waals surface area contributed by atoms with E-state index in [0.717, 1.165) is 37.4 Å². The van der Waals surface area contributed by atoms with E-state index in [9.17, 15) is 0 Å². The number of halogens is 1. The van der Waals surface area contributed by atoms with E-state index in [1.54, 1.807) is 13.2 Å². The van der Waals surface area contributed by atoms with Crippen molar-refractivity contribution < 1.29 is 9.47 Å². The number of benzene rings is 1. The molecule has 5 heteroatoms. The Bertz CT molecular complexity index is 489. The van der Waals surface area contributed by atoms with Crippen molar-refractivity contribution in [3.05, 3.63) is 22.7 Å². The molecule has 4 nitrogen and oxygen atoms in total. The van der Waals surface area contributed by atoms with E-state index >= 15 is 0 Å². The third-order valence-corrected chi connectivity index (χ3v) is 4.62. The molecule has 0 amide bonds. The maximum absolute atomic E-state index is 6.21. The van der Waals surface area contributed by atoms with Crippen LogP contribution >= 0.6 is 11.6 Å². The molecule has 0 bridgehead atoms. The highest BCUT2D eigenvalue weighted by Crippen LogP contribution is 2.34. The lowest BCUT2D eigenvalue weighted by atomic mass is 10.1. The van der Waals surface area contributed by atoms with Crippen LogP contribution in [0, 0.1) is 0 Å². The summed E-state index contributed by atoms with van der Waals surface area (Å²) in [4.78, 5) is 2.60. The molecule has 0 saturated heterocycles. The van der Waals surface area contributed by atoms with Gasteiger partial charge < -0.3 is 19.7 Å². The van der Waals surface area contributed by atoms with Crippen LogP contribution in [0.3, 0.4) is 0 Å². The number of rotatable bonds is 15. The second-order valence-electron chi connectivity index (χ2n) is 6.61. The SMILES string of the molecule is CCCCN(CCCC)CCCNCc1cc(Cl)cc(OC)c1OCC. The van der Waals surface area contributed by atoms with Crippen LogP contribution in [0.25, 0.3) is 0 Å². The minimum absolute atomic E-state index is 0.606. The first-order valence-corrected chi connectivity index (χ1v) is 10.5. The number of unbranched alkanes of at least 4 members (excludes halogenated alkanes) is 2. The lowest BCUT2D eigenvalue weighted by Crippen LogP contribution is -2.29. The van der Waals surface area contributed by atoms with Gasteiger partial charge in [-0.1, -0.05) is 38.3 Å². The van der Waals surface area contributed by atoms with Gasteiger partial charge in [0.25, 0.3) is 0 Å². The van der Waals surface area contributed by atoms with Crippen LogP contribution in [0.15, 0.2) is 12.1 Å². The van der Waals surface area contributed by atoms with Gasteiger partial charge in [0.05, 0.1) is 13.7 Å². The first kappa shape index (κ1) is 23.1. The predicted octanol–water partition coefficient (Wildman–Crippen LogP) is 5.13. The van der Waals surface area contributed by atoms with E-state index < -0.39 is 0 Å². The molecule has 0 spiro atoms. The van der Waals surface area contributed by atoms with Gasteiger partial charge in [-0.25, -0.2) is 0 Å². The number of ether oxygens (including phenoxy) is 2. The smallest absolute Gasteiger partial charge is 0.165 e. The van der Waals surface area contributed by atoms with E-state index in [2.05, 4.69) is 24.1 Å². The Morgan fingerprint density at radius 3 is 2.23 bits per heavy atom. The zero-order chi connectivity index (χ0) is 19.2. The topological polar surface area (TPSA) is 33.7 Å². The van der Waals surface area contributed by atoms with Crippen molar-refractivity contribution in [1.82, 2.24) is 10.2 Å². The fourth-order valence-corrected chi connectivity index (χ4v) is 3.19. The standard InChI is InChI=1S/C21H37ClN2O2/c1-5-8-12-24(13-9-6-2)14-10-11-23-17-18-15-19(22)16-20(25-4)21(18)26-7-3/h15-16,23H,5-14,17H2,1-4H3. The Labute approximate surface area is 165 Å². The summed E-state index contributed by atoms with van der Waals surface area (Å²) in [5.74, 6) is 1.49. The normalized spacial score (nSPS) is 11.2. The van der Waals surface area contributed by atoms with Gasteiger partial charge in [0.2, 0.25) is 0 Å². The van der Waals surface area contributed by atoms with Crippen LogP contribution in [0.1, 0.15) is 58.4 Å². The molecule has 0 radical (unpaired) electrons. The third-order valence-electron chi connectivity index (χ3n) is 4.40. The average Bonchev–Trinajstić information content (AvgIpc) is 2.64. The van der Waals surface area contributed by atoms with Gasteiger partial charge >= 0.3 is 0 Å². The zero-order valence-corrected chi connectivity index (χ0v) is 17.8. The molecule has 0 unspecified atom stereocenters. The Morgan fingerprint density at radius 2 is 1.65 bits per heavy atom. The van der Waals surface area contributed by atoms with Crippen molar-refractivity contribution in [2.45, 2.75) is 59.4 Å². The number of methoxy groups -OCH3 is 1. The molecule has 150 valence electrons. The maximum Gasteiger partial charge on any atom is 0.165 e. The van der Waals surface area contributed by atoms with Gasteiger partial charge in [-0.2, -0.15) is 0 Å². The summed E-state index contributed by atoms with van der Waals surface area (Å²) in [7, 11) is 1.65. The molecule has 0 heterocycles. The highest BCUT2D eigenvalue weighted by molar-refractivity contribution is 6.30. The monoisotopic (exact) mass is 384 g/mol. The summed E-state index contributed by atoms with van der Waals surface area (Å²) in [6.07, 6.45) is 6.25. The molecular weight excluding hydrogens is 348 g/mol. The summed E-state index contributed by atoms with van der Waals surface area (Å²) in [5, 5.41) is 4.20. The van der Waals surface area contributed by atoms with Gasteiger partial charge in [-0.3, -0.25) is 0 Å². The quantitative estimate of drug-likeness (QED) is 0.425. The number of nitrogens with zero attached hydrogens (tertiary/aromatic N) is 1. The van der Waals surface area contributed by atoms with Gasteiger partial charge in [0.15, 0.2) is 11.5 Å². The van der Waals surface area contributed by atoms with Crippen molar-refractivity contribution >= 4 is 11.6 Å². The zero-order valence-electron chi connectivity index (χ0n) is 17.1. The fraction of sp³-hybridized carbons (Fsp3) is 0.714. The molecular formula is C21H37ClN2O2. The Hall–Kier alpha value is -0.970. The summed E-state index contributed by atoms with van der Waals surface area (Å²) in [6, 6.07) is 3.76. The summed E-state index contributed by atoms with van der Waals surface area (Å²) < 4.78 is 11.2.